The third-order valence-corrected chi connectivity index (χ3v) is 7.95. The van der Waals surface area contributed by atoms with Crippen LogP contribution >= 0.6 is 23.2 Å². The fraction of sp³-hybridized carbons (Fsp3) is 0.346. The zero-order valence-corrected chi connectivity index (χ0v) is 20.5. The van der Waals surface area contributed by atoms with Crippen LogP contribution in [0, 0.1) is 23.7 Å². The van der Waals surface area contributed by atoms with Gasteiger partial charge in [-0.2, -0.15) is 0 Å². The first-order valence-electron chi connectivity index (χ1n) is 11.5. The lowest BCUT2D eigenvalue weighted by atomic mass is 9.81. The highest BCUT2D eigenvalue weighted by Gasteiger charge is 2.61. The van der Waals surface area contributed by atoms with Crippen LogP contribution in [0.2, 0.25) is 10.0 Å². The van der Waals surface area contributed by atoms with Crippen LogP contribution in [0.15, 0.2) is 42.5 Å². The van der Waals surface area contributed by atoms with Crippen LogP contribution in [-0.4, -0.2) is 47.6 Å². The average molecular weight is 530 g/mol. The Hall–Kier alpha value is -3.23. The number of ketones is 1. The first-order chi connectivity index (χ1) is 17.2. The van der Waals surface area contributed by atoms with E-state index in [4.69, 9.17) is 32.7 Å². The molecule has 1 saturated heterocycles. The molecule has 3 fully saturated rings. The van der Waals surface area contributed by atoms with Gasteiger partial charge >= 0.3 is 11.9 Å². The second-order valence-electron chi connectivity index (χ2n) is 9.27. The molecule has 10 heteroatoms. The van der Waals surface area contributed by atoms with Crippen molar-refractivity contribution in [2.45, 2.75) is 19.3 Å². The van der Waals surface area contributed by atoms with Crippen LogP contribution in [0.25, 0.3) is 0 Å². The third-order valence-electron chi connectivity index (χ3n) is 7.21. The van der Waals surface area contributed by atoms with Crippen molar-refractivity contribution < 1.29 is 33.4 Å². The number of amides is 2. The molecule has 8 nitrogen and oxygen atoms in total. The second kappa shape index (κ2) is 9.67. The number of imide groups is 1. The molecule has 3 aliphatic rings. The topological polar surface area (TPSA) is 107 Å². The van der Waals surface area contributed by atoms with Gasteiger partial charge in [-0.05, 0) is 73.6 Å². The molecule has 2 amide bonds. The van der Waals surface area contributed by atoms with Gasteiger partial charge in [0.2, 0.25) is 11.8 Å². The molecule has 2 aromatic carbocycles. The number of esters is 2. The number of likely N-dealkylation sites (tertiary alicyclic amines) is 1. The van der Waals surface area contributed by atoms with Gasteiger partial charge in [0.25, 0.3) is 0 Å². The zero-order valence-electron chi connectivity index (χ0n) is 18.9. The molecule has 1 heterocycles. The van der Waals surface area contributed by atoms with Crippen molar-refractivity contribution in [3.05, 3.63) is 63.6 Å². The summed E-state index contributed by atoms with van der Waals surface area (Å²) in [6, 6.07) is 10.1. The van der Waals surface area contributed by atoms with Crippen LogP contribution < -0.4 is 4.74 Å². The van der Waals surface area contributed by atoms with Crippen molar-refractivity contribution in [2.24, 2.45) is 23.7 Å². The number of ether oxygens (including phenoxy) is 2. The molecule has 0 N–H and O–H groups in total. The van der Waals surface area contributed by atoms with Crippen molar-refractivity contribution in [3.8, 4) is 5.75 Å². The molecule has 0 radical (unpaired) electrons. The van der Waals surface area contributed by atoms with Crippen molar-refractivity contribution in [1.29, 1.82) is 0 Å². The van der Waals surface area contributed by atoms with E-state index >= 15 is 0 Å². The van der Waals surface area contributed by atoms with Gasteiger partial charge in [-0.1, -0.05) is 23.2 Å². The molecule has 0 aromatic heterocycles. The van der Waals surface area contributed by atoms with E-state index in [0.29, 0.717) is 5.02 Å². The number of Topliss-reactive ketones (excluding diaryl/α,β-unsaturated/α-hetero) is 1. The number of hydrogen-bond donors (Lipinski definition) is 0. The highest BCUT2D eigenvalue weighted by Crippen LogP contribution is 2.56. The molecule has 2 saturated carbocycles. The molecular formula is C26H21Cl2NO7. The average Bonchev–Trinajstić information content (AvgIpc) is 3.55. The summed E-state index contributed by atoms with van der Waals surface area (Å²) in [6.45, 7) is -1.03. The molecule has 186 valence electrons. The van der Waals surface area contributed by atoms with Gasteiger partial charge in [0.15, 0.2) is 12.4 Å². The first-order valence-corrected chi connectivity index (χ1v) is 12.3. The Morgan fingerprint density at radius 1 is 0.861 bits per heavy atom. The van der Waals surface area contributed by atoms with Crippen LogP contribution in [0.4, 0.5) is 0 Å². The number of carbonyl (C=O) groups is 5. The van der Waals surface area contributed by atoms with Crippen LogP contribution in [0.5, 0.6) is 5.75 Å². The van der Waals surface area contributed by atoms with Gasteiger partial charge in [-0.15, -0.1) is 0 Å². The van der Waals surface area contributed by atoms with E-state index < -0.39 is 30.9 Å². The lowest BCUT2D eigenvalue weighted by Gasteiger charge is -2.19. The van der Waals surface area contributed by atoms with Crippen molar-refractivity contribution >= 4 is 52.7 Å². The molecule has 2 bridgehead atoms. The quantitative estimate of drug-likeness (QED) is 0.231. The summed E-state index contributed by atoms with van der Waals surface area (Å²) in [5, 5.41) is 0.528. The van der Waals surface area contributed by atoms with Gasteiger partial charge in [-0.3, -0.25) is 24.1 Å². The molecule has 36 heavy (non-hydrogen) atoms. The molecule has 5 rings (SSSR count). The second-order valence-corrected chi connectivity index (χ2v) is 10.1. The van der Waals surface area contributed by atoms with E-state index in [0.717, 1.165) is 24.2 Å². The number of hydrogen-bond acceptors (Lipinski definition) is 7. The van der Waals surface area contributed by atoms with Gasteiger partial charge < -0.3 is 9.47 Å². The summed E-state index contributed by atoms with van der Waals surface area (Å²) in [5.41, 5.74) is 0.444. The van der Waals surface area contributed by atoms with Gasteiger partial charge in [0, 0.05) is 5.56 Å². The fourth-order valence-corrected chi connectivity index (χ4v) is 5.83. The predicted octanol–water partition coefficient (Wildman–Crippen LogP) is 3.97. The highest BCUT2D eigenvalue weighted by molar-refractivity contribution is 6.42. The first kappa shape index (κ1) is 24.5. The normalized spacial score (nSPS) is 24.1. The molecule has 4 unspecified atom stereocenters. The molecule has 4 atom stereocenters. The predicted molar refractivity (Wildman–Crippen MR) is 128 cm³/mol. The third kappa shape index (κ3) is 4.51. The Morgan fingerprint density at radius 3 is 2.08 bits per heavy atom. The Balaban J connectivity index is 1.12. The molecule has 1 aliphatic heterocycles. The molecular weight excluding hydrogens is 509 g/mol. The summed E-state index contributed by atoms with van der Waals surface area (Å²) in [4.78, 5) is 63.4. The maximum Gasteiger partial charge on any atom is 0.343 e. The van der Waals surface area contributed by atoms with E-state index in [9.17, 15) is 24.0 Å². The van der Waals surface area contributed by atoms with Crippen LogP contribution in [0.3, 0.4) is 0 Å². The minimum Gasteiger partial charge on any atom is -0.456 e. The summed E-state index contributed by atoms with van der Waals surface area (Å²) >= 11 is 11.8. The lowest BCUT2D eigenvalue weighted by Crippen LogP contribution is -2.38. The summed E-state index contributed by atoms with van der Waals surface area (Å²) in [5.74, 6) is -2.52. The summed E-state index contributed by atoms with van der Waals surface area (Å²) < 4.78 is 10.3. The van der Waals surface area contributed by atoms with E-state index in [1.807, 2.05) is 0 Å². The van der Waals surface area contributed by atoms with Gasteiger partial charge in [-0.25, -0.2) is 4.79 Å². The highest BCUT2D eigenvalue weighted by atomic mass is 35.5. The summed E-state index contributed by atoms with van der Waals surface area (Å²) in [7, 11) is 0. The minimum atomic E-state index is -0.815. The maximum absolute atomic E-state index is 12.7. The number of halogens is 2. The zero-order chi connectivity index (χ0) is 25.6. The number of rotatable bonds is 7. The van der Waals surface area contributed by atoms with Crippen molar-refractivity contribution in [1.82, 2.24) is 4.90 Å². The van der Waals surface area contributed by atoms with E-state index in [2.05, 4.69) is 0 Å². The Kier molecular flexibility index (Phi) is 6.57. The molecule has 2 aliphatic carbocycles. The maximum atomic E-state index is 12.7. The monoisotopic (exact) mass is 529 g/mol. The number of carbonyl (C=O) groups excluding carboxylic acids is 5. The Bertz CT molecular complexity index is 1250. The minimum absolute atomic E-state index is 0.199. The summed E-state index contributed by atoms with van der Waals surface area (Å²) in [6.07, 6.45) is 2.81. The standard InChI is InChI=1S/C26H21Cl2NO7/c27-18-8-5-16(10-19(18)28)26(34)36-17-6-3-13(4-7-17)20(30)12-35-21(31)11-29-24(32)22-14-1-2-15(9-14)23(22)25(29)33/h3-8,10,14-15,22-23H,1-2,9,11-12H2. The largest absolute Gasteiger partial charge is 0.456 e. The van der Waals surface area contributed by atoms with E-state index in [1.54, 1.807) is 0 Å². The van der Waals surface area contributed by atoms with Crippen LogP contribution in [-0.2, 0) is 19.1 Å². The lowest BCUT2D eigenvalue weighted by molar-refractivity contribution is -0.152. The molecule has 2 aromatic rings. The van der Waals surface area contributed by atoms with E-state index in [-0.39, 0.29) is 57.4 Å². The SMILES string of the molecule is O=C(CN1C(=O)C2C3CCC(C3)C2C1=O)OCC(=O)c1ccc(OC(=O)c2ccc(Cl)c(Cl)c2)cc1. The number of benzene rings is 2. The fourth-order valence-electron chi connectivity index (χ4n) is 5.53. The molecule has 0 spiro atoms. The number of fused-ring (bicyclic) bond motifs is 5. The Labute approximate surface area is 216 Å². The van der Waals surface area contributed by atoms with Gasteiger partial charge in [0.1, 0.15) is 12.3 Å². The van der Waals surface area contributed by atoms with E-state index in [1.165, 1.54) is 42.5 Å². The van der Waals surface area contributed by atoms with Crippen molar-refractivity contribution in [2.75, 3.05) is 13.2 Å². The smallest absolute Gasteiger partial charge is 0.343 e. The van der Waals surface area contributed by atoms with Crippen molar-refractivity contribution in [3.63, 3.8) is 0 Å². The van der Waals surface area contributed by atoms with Crippen LogP contribution in [0.1, 0.15) is 40.0 Å². The van der Waals surface area contributed by atoms with Gasteiger partial charge in [0.05, 0.1) is 27.4 Å². The number of nitrogens with zero attached hydrogens (tertiary/aromatic N) is 1. The Morgan fingerprint density at radius 2 is 1.47 bits per heavy atom.